The minimum Gasteiger partial charge on any atom is -0.331 e. The number of carbonyl (C=O) groups is 1. The highest BCUT2D eigenvalue weighted by atomic mass is 32.2. The minimum absolute atomic E-state index is 0.0844. The van der Waals surface area contributed by atoms with Crippen molar-refractivity contribution in [1.29, 1.82) is 0 Å². The van der Waals surface area contributed by atoms with Crippen LogP contribution >= 0.6 is 0 Å². The largest absolute Gasteiger partial charge is 0.331 e. The summed E-state index contributed by atoms with van der Waals surface area (Å²) in [5.74, 6) is 1.04. The topological polar surface area (TPSA) is 84.3 Å². The van der Waals surface area contributed by atoms with E-state index in [4.69, 9.17) is 0 Å². The Morgan fingerprint density at radius 3 is 2.57 bits per heavy atom. The molecule has 30 heavy (non-hydrogen) atoms. The summed E-state index contributed by atoms with van der Waals surface area (Å²) < 4.78 is 27.8. The lowest BCUT2D eigenvalue weighted by atomic mass is 10.0. The van der Waals surface area contributed by atoms with E-state index in [1.165, 1.54) is 24.0 Å². The maximum absolute atomic E-state index is 12.4. The molecule has 2 aromatic carbocycles. The third-order valence-corrected chi connectivity index (χ3v) is 6.95. The van der Waals surface area contributed by atoms with Crippen LogP contribution in [0.5, 0.6) is 0 Å². The number of rotatable bonds is 7. The van der Waals surface area contributed by atoms with Gasteiger partial charge in [-0.2, -0.15) is 0 Å². The van der Waals surface area contributed by atoms with Crippen LogP contribution in [0.3, 0.4) is 0 Å². The van der Waals surface area contributed by atoms with Crippen molar-refractivity contribution in [1.82, 2.24) is 13.9 Å². The number of hydrogen-bond acceptors (Lipinski definition) is 4. The summed E-state index contributed by atoms with van der Waals surface area (Å²) in [5, 5.41) is 2.94. The van der Waals surface area contributed by atoms with Gasteiger partial charge in [0.15, 0.2) is 0 Å². The number of hydrogen-bond donors (Lipinski definition) is 1. The Kier molecular flexibility index (Phi) is 6.28. The Balaban J connectivity index is 1.74. The molecule has 7 nitrogen and oxygen atoms in total. The molecule has 3 aromatic rings. The number of aromatic nitrogens is 2. The van der Waals surface area contributed by atoms with Gasteiger partial charge >= 0.3 is 0 Å². The van der Waals surface area contributed by atoms with Gasteiger partial charge in [-0.1, -0.05) is 26.0 Å². The molecule has 0 saturated carbocycles. The van der Waals surface area contributed by atoms with Crippen molar-refractivity contribution in [2.45, 2.75) is 37.5 Å². The first-order chi connectivity index (χ1) is 14.1. The molecule has 0 bridgehead atoms. The molecule has 1 aromatic heterocycles. The smallest absolute Gasteiger partial charge is 0.242 e. The van der Waals surface area contributed by atoms with Crippen LogP contribution in [-0.2, 0) is 28.3 Å². The molecule has 0 aliphatic rings. The molecule has 1 amide bonds. The molecule has 0 saturated heterocycles. The van der Waals surface area contributed by atoms with E-state index in [0.29, 0.717) is 17.9 Å². The molecule has 0 spiro atoms. The molecule has 1 heterocycles. The lowest BCUT2D eigenvalue weighted by molar-refractivity contribution is -0.116. The number of amides is 1. The third-order valence-electron chi connectivity index (χ3n) is 5.14. The van der Waals surface area contributed by atoms with E-state index < -0.39 is 10.0 Å². The molecular weight excluding hydrogens is 400 g/mol. The highest BCUT2D eigenvalue weighted by Crippen LogP contribution is 2.22. The number of nitrogens with zero attached hydrogens (tertiary/aromatic N) is 3. The number of imidazole rings is 1. The van der Waals surface area contributed by atoms with Gasteiger partial charge in [0.25, 0.3) is 0 Å². The zero-order chi connectivity index (χ0) is 22.1. The van der Waals surface area contributed by atoms with Crippen LogP contribution in [-0.4, -0.2) is 42.3 Å². The summed E-state index contributed by atoms with van der Waals surface area (Å²) in [6.45, 7) is 4.23. The average Bonchev–Trinajstić information content (AvgIpc) is 3.01. The zero-order valence-corrected chi connectivity index (χ0v) is 18.8. The number of nitrogens with one attached hydrogen (secondary N) is 1. The summed E-state index contributed by atoms with van der Waals surface area (Å²) in [7, 11) is 1.35. The maximum Gasteiger partial charge on any atom is 0.242 e. The normalized spacial score (nSPS) is 12.1. The fourth-order valence-electron chi connectivity index (χ4n) is 3.25. The molecule has 8 heteroatoms. The second-order valence-electron chi connectivity index (χ2n) is 7.85. The van der Waals surface area contributed by atoms with Crippen LogP contribution < -0.4 is 5.32 Å². The number of sulfonamides is 1. The first-order valence-electron chi connectivity index (χ1n) is 9.87. The van der Waals surface area contributed by atoms with E-state index in [1.807, 2.05) is 35.9 Å². The first-order valence-corrected chi connectivity index (χ1v) is 11.3. The summed E-state index contributed by atoms with van der Waals surface area (Å²) in [5.41, 5.74) is 3.38. The van der Waals surface area contributed by atoms with Crippen LogP contribution in [0, 0.1) is 0 Å². The van der Waals surface area contributed by atoms with Gasteiger partial charge in [0.2, 0.25) is 15.9 Å². The van der Waals surface area contributed by atoms with Crippen molar-refractivity contribution in [2.24, 2.45) is 7.05 Å². The Bertz CT molecular complexity index is 1180. The SMILES string of the molecule is CC(C)c1cccc(NC(=O)CCc2nc3cc(S(=O)(=O)N(C)C)ccc3n2C)c1. The van der Waals surface area contributed by atoms with E-state index in [9.17, 15) is 13.2 Å². The molecule has 160 valence electrons. The zero-order valence-electron chi connectivity index (χ0n) is 18.0. The van der Waals surface area contributed by atoms with Crippen molar-refractivity contribution >= 4 is 32.7 Å². The second-order valence-corrected chi connectivity index (χ2v) is 10.0. The quantitative estimate of drug-likeness (QED) is 0.624. The van der Waals surface area contributed by atoms with Crippen molar-refractivity contribution in [2.75, 3.05) is 19.4 Å². The van der Waals surface area contributed by atoms with Crippen molar-refractivity contribution in [3.8, 4) is 0 Å². The average molecular weight is 429 g/mol. The molecule has 1 N–H and O–H groups in total. The van der Waals surface area contributed by atoms with Gasteiger partial charge in [0.05, 0.1) is 15.9 Å². The Labute approximate surface area is 177 Å². The van der Waals surface area contributed by atoms with Crippen molar-refractivity contribution in [3.63, 3.8) is 0 Å². The van der Waals surface area contributed by atoms with Gasteiger partial charge in [0.1, 0.15) is 5.82 Å². The number of anilines is 1. The standard InChI is InChI=1S/C22H28N4O3S/c1-15(2)16-7-6-8-17(13-16)23-22(27)12-11-21-24-19-14-18(30(28,29)25(3)4)9-10-20(19)26(21)5/h6-10,13-15H,11-12H2,1-5H3,(H,23,27). The van der Waals surface area contributed by atoms with Crippen molar-refractivity contribution < 1.29 is 13.2 Å². The Morgan fingerprint density at radius 2 is 1.90 bits per heavy atom. The molecule has 0 aliphatic heterocycles. The highest BCUT2D eigenvalue weighted by molar-refractivity contribution is 7.89. The van der Waals surface area contributed by atoms with Gasteiger partial charge in [-0.15, -0.1) is 0 Å². The van der Waals surface area contributed by atoms with Crippen LogP contribution in [0.25, 0.3) is 11.0 Å². The monoisotopic (exact) mass is 428 g/mol. The number of benzene rings is 2. The van der Waals surface area contributed by atoms with Gasteiger partial charge in [-0.3, -0.25) is 4.79 Å². The minimum atomic E-state index is -3.52. The van der Waals surface area contributed by atoms with Gasteiger partial charge in [0, 0.05) is 39.7 Å². The molecule has 0 atom stereocenters. The highest BCUT2D eigenvalue weighted by Gasteiger charge is 2.19. The summed E-state index contributed by atoms with van der Waals surface area (Å²) in [6, 6.07) is 12.8. The second kappa shape index (κ2) is 8.57. The maximum atomic E-state index is 12.4. The Hall–Kier alpha value is -2.71. The number of aryl methyl sites for hydroxylation is 2. The van der Waals surface area contributed by atoms with E-state index >= 15 is 0 Å². The fraction of sp³-hybridized carbons (Fsp3) is 0.364. The number of carbonyl (C=O) groups excluding carboxylic acids is 1. The van der Waals surface area contributed by atoms with Gasteiger partial charge < -0.3 is 9.88 Å². The van der Waals surface area contributed by atoms with E-state index in [2.05, 4.69) is 24.1 Å². The lowest BCUT2D eigenvalue weighted by Gasteiger charge is -2.11. The van der Waals surface area contributed by atoms with Gasteiger partial charge in [-0.05, 0) is 41.8 Å². The molecule has 0 radical (unpaired) electrons. The summed E-state index contributed by atoms with van der Waals surface area (Å²) in [6.07, 6.45) is 0.739. The van der Waals surface area contributed by atoms with E-state index in [0.717, 1.165) is 17.0 Å². The van der Waals surface area contributed by atoms with Gasteiger partial charge in [-0.25, -0.2) is 17.7 Å². The summed E-state index contributed by atoms with van der Waals surface area (Å²) >= 11 is 0. The van der Waals surface area contributed by atoms with E-state index in [-0.39, 0.29) is 17.2 Å². The molecule has 0 aliphatic carbocycles. The molecule has 0 fully saturated rings. The predicted molar refractivity (Wildman–Crippen MR) is 119 cm³/mol. The van der Waals surface area contributed by atoms with Crippen LogP contribution in [0.15, 0.2) is 47.4 Å². The molecular formula is C22H28N4O3S. The van der Waals surface area contributed by atoms with Crippen LogP contribution in [0.1, 0.15) is 37.6 Å². The summed E-state index contributed by atoms with van der Waals surface area (Å²) in [4.78, 5) is 17.2. The Morgan fingerprint density at radius 1 is 1.17 bits per heavy atom. The third kappa shape index (κ3) is 4.55. The van der Waals surface area contributed by atoms with Crippen molar-refractivity contribution in [3.05, 3.63) is 53.9 Å². The predicted octanol–water partition coefficient (Wildman–Crippen LogP) is 3.52. The molecule has 0 unspecified atom stereocenters. The lowest BCUT2D eigenvalue weighted by Crippen LogP contribution is -2.22. The fourth-order valence-corrected chi connectivity index (χ4v) is 4.17. The first kappa shape index (κ1) is 22.0. The van der Waals surface area contributed by atoms with E-state index in [1.54, 1.807) is 18.2 Å². The van der Waals surface area contributed by atoms with Crippen LogP contribution in [0.4, 0.5) is 5.69 Å². The van der Waals surface area contributed by atoms with Crippen LogP contribution in [0.2, 0.25) is 0 Å². The molecule has 3 rings (SSSR count). The number of fused-ring (bicyclic) bond motifs is 1.